The first-order chi connectivity index (χ1) is 14.0. The molecule has 8 heteroatoms. The molecule has 0 fully saturated rings. The van der Waals surface area contributed by atoms with Crippen molar-refractivity contribution in [2.24, 2.45) is 0 Å². The third-order valence-electron chi connectivity index (χ3n) is 4.81. The van der Waals surface area contributed by atoms with E-state index in [9.17, 15) is 4.79 Å². The molecule has 0 aliphatic rings. The van der Waals surface area contributed by atoms with Crippen LogP contribution < -0.4 is 5.32 Å². The minimum Gasteiger partial charge on any atom is -0.348 e. The zero-order valence-corrected chi connectivity index (χ0v) is 16.5. The molecule has 0 aliphatic heterocycles. The number of nitrogens with zero attached hydrogens (tertiary/aromatic N) is 5. The molecule has 8 nitrogen and oxygen atoms in total. The molecule has 4 aromatic rings. The first-order valence-electron chi connectivity index (χ1n) is 9.54. The summed E-state index contributed by atoms with van der Waals surface area (Å²) in [7, 11) is 0. The summed E-state index contributed by atoms with van der Waals surface area (Å²) in [6.07, 6.45) is 1.85. The molecule has 1 N–H and O–H groups in total. The van der Waals surface area contributed by atoms with E-state index < -0.39 is 0 Å². The van der Waals surface area contributed by atoms with E-state index in [4.69, 9.17) is 4.52 Å². The van der Waals surface area contributed by atoms with E-state index in [1.54, 1.807) is 0 Å². The van der Waals surface area contributed by atoms with Gasteiger partial charge in [0.05, 0.1) is 18.0 Å². The molecule has 1 unspecified atom stereocenters. The van der Waals surface area contributed by atoms with Gasteiger partial charge in [-0.15, -0.1) is 10.2 Å². The monoisotopic (exact) mass is 390 g/mol. The van der Waals surface area contributed by atoms with Crippen LogP contribution in [-0.2, 0) is 11.3 Å². The predicted octanol–water partition coefficient (Wildman–Crippen LogP) is 3.32. The van der Waals surface area contributed by atoms with Gasteiger partial charge in [0.25, 0.3) is 5.89 Å². The lowest BCUT2D eigenvalue weighted by Crippen LogP contribution is -2.28. The summed E-state index contributed by atoms with van der Waals surface area (Å²) in [5, 5.41) is 15.5. The summed E-state index contributed by atoms with van der Waals surface area (Å²) >= 11 is 0. The Kier molecular flexibility index (Phi) is 5.07. The van der Waals surface area contributed by atoms with Gasteiger partial charge in [0.1, 0.15) is 0 Å². The van der Waals surface area contributed by atoms with Crippen LogP contribution in [0.2, 0.25) is 0 Å². The lowest BCUT2D eigenvalue weighted by atomic mass is 10.0. The summed E-state index contributed by atoms with van der Waals surface area (Å²) in [5.74, 6) is 1.52. The third kappa shape index (κ3) is 3.73. The maximum atomic E-state index is 12.5. The van der Waals surface area contributed by atoms with Crippen molar-refractivity contribution in [3.63, 3.8) is 0 Å². The van der Waals surface area contributed by atoms with E-state index in [0.29, 0.717) is 28.8 Å². The maximum Gasteiger partial charge on any atom is 0.261 e. The maximum absolute atomic E-state index is 12.5. The SMILES string of the molecule is CC(C)c1noc(-c2cccn3c(CNC(=O)C(C)c4ccccc4)nnc23)n1. The van der Waals surface area contributed by atoms with Crippen molar-refractivity contribution >= 4 is 11.6 Å². The quantitative estimate of drug-likeness (QED) is 0.542. The van der Waals surface area contributed by atoms with Crippen molar-refractivity contribution in [1.29, 1.82) is 0 Å². The predicted molar refractivity (Wildman–Crippen MR) is 107 cm³/mol. The molecule has 29 heavy (non-hydrogen) atoms. The Morgan fingerprint density at radius 3 is 2.62 bits per heavy atom. The topological polar surface area (TPSA) is 98.2 Å². The highest BCUT2D eigenvalue weighted by Crippen LogP contribution is 2.24. The first kappa shape index (κ1) is 18.8. The molecule has 1 atom stereocenters. The largest absolute Gasteiger partial charge is 0.348 e. The van der Waals surface area contributed by atoms with Crippen molar-refractivity contribution in [3.05, 3.63) is 65.9 Å². The highest BCUT2D eigenvalue weighted by molar-refractivity contribution is 5.83. The van der Waals surface area contributed by atoms with Gasteiger partial charge >= 0.3 is 0 Å². The second kappa shape index (κ2) is 7.83. The first-order valence-corrected chi connectivity index (χ1v) is 9.54. The van der Waals surface area contributed by atoms with Crippen molar-refractivity contribution in [3.8, 4) is 11.5 Å². The van der Waals surface area contributed by atoms with Crippen LogP contribution in [0, 0.1) is 0 Å². The van der Waals surface area contributed by atoms with Gasteiger partial charge in [-0.2, -0.15) is 4.98 Å². The smallest absolute Gasteiger partial charge is 0.261 e. The van der Waals surface area contributed by atoms with Crippen LogP contribution in [0.5, 0.6) is 0 Å². The number of benzene rings is 1. The molecule has 148 valence electrons. The van der Waals surface area contributed by atoms with Crippen LogP contribution in [0.1, 0.15) is 49.8 Å². The number of hydrogen-bond donors (Lipinski definition) is 1. The Hall–Kier alpha value is -3.55. The average molecular weight is 390 g/mol. The summed E-state index contributed by atoms with van der Waals surface area (Å²) in [6.45, 7) is 6.15. The van der Waals surface area contributed by atoms with Gasteiger partial charge in [0.2, 0.25) is 5.91 Å². The number of rotatable bonds is 6. The molecule has 0 spiro atoms. The molecule has 1 aromatic carbocycles. The molecule has 0 radical (unpaired) electrons. The number of amides is 1. The summed E-state index contributed by atoms with van der Waals surface area (Å²) in [6, 6.07) is 13.4. The van der Waals surface area contributed by atoms with Crippen LogP contribution in [-0.4, -0.2) is 30.6 Å². The van der Waals surface area contributed by atoms with Crippen LogP contribution in [0.3, 0.4) is 0 Å². The Balaban J connectivity index is 1.54. The van der Waals surface area contributed by atoms with E-state index in [0.717, 1.165) is 5.56 Å². The highest BCUT2D eigenvalue weighted by Gasteiger charge is 2.19. The lowest BCUT2D eigenvalue weighted by Gasteiger charge is -2.12. The number of fused-ring (bicyclic) bond motifs is 1. The van der Waals surface area contributed by atoms with Crippen molar-refractivity contribution in [2.75, 3.05) is 0 Å². The second-order valence-electron chi connectivity index (χ2n) is 7.19. The van der Waals surface area contributed by atoms with Gasteiger partial charge in [0.15, 0.2) is 17.3 Å². The number of hydrogen-bond acceptors (Lipinski definition) is 6. The van der Waals surface area contributed by atoms with Gasteiger partial charge in [0, 0.05) is 12.1 Å². The fourth-order valence-corrected chi connectivity index (χ4v) is 3.04. The van der Waals surface area contributed by atoms with E-state index >= 15 is 0 Å². The van der Waals surface area contributed by atoms with Gasteiger partial charge in [-0.3, -0.25) is 9.20 Å². The van der Waals surface area contributed by atoms with E-state index in [1.807, 2.05) is 73.8 Å². The van der Waals surface area contributed by atoms with Crippen LogP contribution in [0.15, 0.2) is 53.2 Å². The number of aromatic nitrogens is 5. The van der Waals surface area contributed by atoms with Crippen molar-refractivity contribution in [2.45, 2.75) is 39.2 Å². The van der Waals surface area contributed by atoms with Gasteiger partial charge < -0.3 is 9.84 Å². The lowest BCUT2D eigenvalue weighted by molar-refractivity contribution is -0.122. The molecule has 0 saturated carbocycles. The summed E-state index contributed by atoms with van der Waals surface area (Å²) in [5.41, 5.74) is 2.28. The van der Waals surface area contributed by atoms with Crippen LogP contribution in [0.25, 0.3) is 17.1 Å². The Morgan fingerprint density at radius 1 is 1.10 bits per heavy atom. The minimum absolute atomic E-state index is 0.0671. The molecule has 0 aliphatic carbocycles. The second-order valence-corrected chi connectivity index (χ2v) is 7.19. The van der Waals surface area contributed by atoms with Crippen LogP contribution >= 0.6 is 0 Å². The van der Waals surface area contributed by atoms with E-state index in [1.165, 1.54) is 0 Å². The zero-order chi connectivity index (χ0) is 20.4. The fourth-order valence-electron chi connectivity index (χ4n) is 3.04. The Bertz CT molecular complexity index is 1130. The summed E-state index contributed by atoms with van der Waals surface area (Å²) < 4.78 is 7.22. The third-order valence-corrected chi connectivity index (χ3v) is 4.81. The zero-order valence-electron chi connectivity index (χ0n) is 16.5. The van der Waals surface area contributed by atoms with Crippen molar-refractivity contribution < 1.29 is 9.32 Å². The van der Waals surface area contributed by atoms with Crippen molar-refractivity contribution in [1.82, 2.24) is 30.1 Å². The normalized spacial score (nSPS) is 12.4. The average Bonchev–Trinajstić information content (AvgIpc) is 3.39. The van der Waals surface area contributed by atoms with Gasteiger partial charge in [-0.05, 0) is 24.6 Å². The molecule has 3 heterocycles. The molecule has 0 saturated heterocycles. The van der Waals surface area contributed by atoms with E-state index in [-0.39, 0.29) is 24.3 Å². The number of pyridine rings is 1. The number of nitrogens with one attached hydrogen (secondary N) is 1. The Labute approximate surface area is 168 Å². The minimum atomic E-state index is -0.251. The molecular weight excluding hydrogens is 368 g/mol. The number of carbonyl (C=O) groups excluding carboxylic acids is 1. The molecule has 0 bridgehead atoms. The Morgan fingerprint density at radius 2 is 1.90 bits per heavy atom. The van der Waals surface area contributed by atoms with Gasteiger partial charge in [-0.1, -0.05) is 49.3 Å². The highest BCUT2D eigenvalue weighted by atomic mass is 16.5. The molecule has 4 rings (SSSR count). The standard InChI is InChI=1S/C21H22N6O2/c1-13(2)18-23-21(29-26-18)16-10-7-11-27-17(24-25-19(16)27)12-22-20(28)14(3)15-8-5-4-6-9-15/h4-11,13-14H,12H2,1-3H3,(H,22,28). The van der Waals surface area contributed by atoms with E-state index in [2.05, 4.69) is 25.7 Å². The van der Waals surface area contributed by atoms with Crippen LogP contribution in [0.4, 0.5) is 0 Å². The molecule has 3 aromatic heterocycles. The van der Waals surface area contributed by atoms with Gasteiger partial charge in [-0.25, -0.2) is 0 Å². The molecular formula is C21H22N6O2. The fraction of sp³-hybridized carbons (Fsp3) is 0.286. The molecule has 1 amide bonds. The number of carbonyl (C=O) groups is 1. The summed E-state index contributed by atoms with van der Waals surface area (Å²) in [4.78, 5) is 17.0.